The van der Waals surface area contributed by atoms with Crippen LogP contribution >= 0.6 is 0 Å². The number of aryl methyl sites for hydroxylation is 1. The van der Waals surface area contributed by atoms with Gasteiger partial charge < -0.3 is 9.74 Å². The lowest BCUT2D eigenvalue weighted by Gasteiger charge is -2.25. The molecule has 1 fully saturated rings. The number of carbonyl (C=O) groups excluding carboxylic acids is 3. The van der Waals surface area contributed by atoms with Gasteiger partial charge in [-0.05, 0) is 76.4 Å². The predicted molar refractivity (Wildman–Crippen MR) is 188 cm³/mol. The zero-order valence-electron chi connectivity index (χ0n) is 29.2. The first-order valence-electron chi connectivity index (χ1n) is 16.8. The third kappa shape index (κ3) is 7.19. The summed E-state index contributed by atoms with van der Waals surface area (Å²) < 4.78 is 35.6. The van der Waals surface area contributed by atoms with Gasteiger partial charge in [0, 0.05) is 66.7 Å². The molecule has 0 aliphatic carbocycles. The summed E-state index contributed by atoms with van der Waals surface area (Å²) in [6.45, 7) is 14.2. The fourth-order valence-corrected chi connectivity index (χ4v) is 7.57. The quantitative estimate of drug-likeness (QED) is 0.0870. The predicted octanol–water partition coefficient (Wildman–Crippen LogP) is 6.60. The summed E-state index contributed by atoms with van der Waals surface area (Å²) in [5.74, 6) is -1.52. The number of hydroxylamine groups is 2. The summed E-state index contributed by atoms with van der Waals surface area (Å²) in [5.41, 5.74) is 6.88. The van der Waals surface area contributed by atoms with E-state index in [-0.39, 0.29) is 29.6 Å². The molecule has 2 aromatic rings. The highest BCUT2D eigenvalue weighted by Gasteiger charge is 2.44. The Labute approximate surface area is 289 Å². The number of unbranched alkanes of at least 4 members (excludes halogenated alkanes) is 2. The number of hydrogen-bond donors (Lipinski definition) is 1. The Balaban J connectivity index is 1.30. The monoisotopic (exact) mass is 688 g/mol. The molecule has 0 unspecified atom stereocenters. The van der Waals surface area contributed by atoms with Crippen LogP contribution in [-0.4, -0.2) is 59.2 Å². The van der Waals surface area contributed by atoms with Crippen molar-refractivity contribution < 1.29 is 36.8 Å². The molecule has 0 spiro atoms. The molecule has 260 valence electrons. The van der Waals surface area contributed by atoms with Crippen LogP contribution < -0.4 is 4.90 Å². The Morgan fingerprint density at radius 2 is 1.65 bits per heavy atom. The lowest BCUT2D eigenvalue weighted by molar-refractivity contribution is -0.438. The summed E-state index contributed by atoms with van der Waals surface area (Å²) in [6.07, 6.45) is 12.7. The highest BCUT2D eigenvalue weighted by atomic mass is 32.2. The van der Waals surface area contributed by atoms with Crippen molar-refractivity contribution >= 4 is 45.0 Å². The van der Waals surface area contributed by atoms with E-state index in [4.69, 9.17) is 4.84 Å². The zero-order valence-corrected chi connectivity index (χ0v) is 30.0. The van der Waals surface area contributed by atoms with Gasteiger partial charge in [-0.2, -0.15) is 13.0 Å². The van der Waals surface area contributed by atoms with E-state index in [1.165, 1.54) is 22.9 Å². The molecule has 5 rings (SSSR count). The van der Waals surface area contributed by atoms with Gasteiger partial charge in [-0.15, -0.1) is 5.06 Å². The van der Waals surface area contributed by atoms with Gasteiger partial charge in [0.1, 0.15) is 6.54 Å². The number of carbonyl (C=O) groups is 3. The average molecular weight is 689 g/mol. The maximum atomic E-state index is 12.2. The first-order valence-corrected chi connectivity index (χ1v) is 18.3. The molecule has 10 nitrogen and oxygen atoms in total. The van der Waals surface area contributed by atoms with E-state index >= 15 is 0 Å². The van der Waals surface area contributed by atoms with Gasteiger partial charge >= 0.3 is 5.97 Å². The normalized spacial score (nSPS) is 19.2. The largest absolute Gasteiger partial charge is 0.344 e. The van der Waals surface area contributed by atoms with Gasteiger partial charge in [0.25, 0.3) is 21.9 Å². The van der Waals surface area contributed by atoms with E-state index < -0.39 is 33.3 Å². The van der Waals surface area contributed by atoms with Gasteiger partial charge in [0.15, 0.2) is 5.71 Å². The highest BCUT2D eigenvalue weighted by Crippen LogP contribution is 2.48. The molecule has 2 amide bonds. The van der Waals surface area contributed by atoms with Crippen molar-refractivity contribution in [3.8, 4) is 0 Å². The van der Waals surface area contributed by atoms with E-state index in [2.05, 4.69) is 81.4 Å². The summed E-state index contributed by atoms with van der Waals surface area (Å²) in [6, 6.07) is 11.3. The number of nitrogens with zero attached hydrogens (tertiary/aromatic N) is 3. The van der Waals surface area contributed by atoms with Crippen molar-refractivity contribution in [3.63, 3.8) is 0 Å². The third-order valence-electron chi connectivity index (χ3n) is 9.72. The fourth-order valence-electron chi connectivity index (χ4n) is 7.06. The molecule has 1 saturated heterocycles. The minimum absolute atomic E-state index is 0.0766. The van der Waals surface area contributed by atoms with Gasteiger partial charge in [-0.3, -0.25) is 14.1 Å². The number of imide groups is 1. The third-order valence-corrected chi connectivity index (χ3v) is 10.6. The first kappa shape index (κ1) is 35.9. The number of amides is 2. The van der Waals surface area contributed by atoms with Gasteiger partial charge in [0.2, 0.25) is 5.69 Å². The van der Waals surface area contributed by atoms with Gasteiger partial charge in [-0.25, -0.2) is 4.79 Å². The van der Waals surface area contributed by atoms with E-state index in [1.807, 2.05) is 18.2 Å². The SMILES string of the molecule is CCN1/C(=C/C=C/C=C/C2=[N+](CCCCCC(=O)ON3C(=O)CCC3=O)c3ccc(C)cc3C2(C)C)C(C)(C)c2cc(S(=O)(=O)O)ccc21. The van der Waals surface area contributed by atoms with Crippen molar-refractivity contribution in [1.29, 1.82) is 0 Å². The maximum Gasteiger partial charge on any atom is 0.333 e. The Morgan fingerprint density at radius 1 is 0.939 bits per heavy atom. The summed E-state index contributed by atoms with van der Waals surface area (Å²) in [7, 11) is -4.31. The molecule has 49 heavy (non-hydrogen) atoms. The minimum atomic E-state index is -4.31. The molecular formula is C38H46N3O7S+. The maximum absolute atomic E-state index is 12.2. The molecule has 3 aliphatic heterocycles. The Bertz CT molecular complexity index is 1900. The zero-order chi connectivity index (χ0) is 35.7. The number of hydrogen-bond acceptors (Lipinski definition) is 7. The molecule has 11 heteroatoms. The Morgan fingerprint density at radius 3 is 2.33 bits per heavy atom. The summed E-state index contributed by atoms with van der Waals surface area (Å²) >= 11 is 0. The van der Waals surface area contributed by atoms with Crippen molar-refractivity contribution in [2.24, 2.45) is 0 Å². The molecular weight excluding hydrogens is 642 g/mol. The molecule has 0 aromatic heterocycles. The number of rotatable bonds is 12. The van der Waals surface area contributed by atoms with Crippen LogP contribution in [0.4, 0.5) is 11.4 Å². The van der Waals surface area contributed by atoms with Gasteiger partial charge in [0.05, 0.1) is 10.3 Å². The second-order valence-electron chi connectivity index (χ2n) is 13.9. The van der Waals surface area contributed by atoms with Crippen molar-refractivity contribution in [2.75, 3.05) is 18.0 Å². The number of allylic oxidation sites excluding steroid dienone is 6. The van der Waals surface area contributed by atoms with Crippen molar-refractivity contribution in [3.05, 3.63) is 89.2 Å². The van der Waals surface area contributed by atoms with E-state index in [1.54, 1.807) is 12.1 Å². The van der Waals surface area contributed by atoms with Crippen molar-refractivity contribution in [2.45, 2.75) is 95.8 Å². The Kier molecular flexibility index (Phi) is 10.2. The van der Waals surface area contributed by atoms with Crippen LogP contribution in [0.1, 0.15) is 89.8 Å². The van der Waals surface area contributed by atoms with Crippen LogP contribution in [0.5, 0.6) is 0 Å². The number of anilines is 1. The van der Waals surface area contributed by atoms with Crippen LogP contribution in [-0.2, 0) is 40.2 Å². The molecule has 3 aliphatic rings. The second-order valence-corrected chi connectivity index (χ2v) is 15.3. The highest BCUT2D eigenvalue weighted by molar-refractivity contribution is 7.85. The lowest BCUT2D eigenvalue weighted by Crippen LogP contribution is -2.31. The smallest absolute Gasteiger partial charge is 0.333 e. The summed E-state index contributed by atoms with van der Waals surface area (Å²) in [4.78, 5) is 42.8. The Hall–Kier alpha value is -4.35. The molecule has 0 saturated carbocycles. The topological polar surface area (TPSA) is 124 Å². The van der Waals surface area contributed by atoms with E-state index in [0.29, 0.717) is 18.0 Å². The minimum Gasteiger partial charge on any atom is -0.344 e. The molecule has 1 N–H and O–H groups in total. The first-order chi connectivity index (χ1) is 23.1. The number of likely N-dealkylation sites (N-methyl/N-ethyl adjacent to an activating group) is 1. The number of benzene rings is 2. The summed E-state index contributed by atoms with van der Waals surface area (Å²) in [5, 5.41) is 0.599. The molecule has 2 aromatic carbocycles. The van der Waals surface area contributed by atoms with Crippen LogP contribution in [0.2, 0.25) is 0 Å². The molecule has 3 heterocycles. The molecule has 0 radical (unpaired) electrons. The second kappa shape index (κ2) is 13.9. The van der Waals surface area contributed by atoms with Crippen LogP contribution in [0.25, 0.3) is 0 Å². The van der Waals surface area contributed by atoms with Gasteiger partial charge in [-0.1, -0.05) is 43.7 Å². The number of fused-ring (bicyclic) bond motifs is 2. The lowest BCUT2D eigenvalue weighted by atomic mass is 9.81. The van der Waals surface area contributed by atoms with Crippen LogP contribution in [0.15, 0.2) is 77.4 Å². The standard InChI is InChI=1S/C38H45N3O7S/c1-7-39-30-20-18-27(49(45,46)47)25-29(30)38(5,6)32(39)14-10-8-11-15-33-37(3,4)28-24-26(2)17-19-31(28)40(33)23-13-9-12-16-36(44)48-41-34(42)21-22-35(41)43/h8,10-11,14-15,17-20,24-25H,7,9,12-13,16,21-23H2,1-6H3/p+1. The van der Waals surface area contributed by atoms with Crippen LogP contribution in [0.3, 0.4) is 0 Å². The molecule has 0 atom stereocenters. The fraction of sp³-hybridized carbons (Fsp3) is 0.421. The molecule has 0 bridgehead atoms. The average Bonchev–Trinajstić information content (AvgIpc) is 3.54. The van der Waals surface area contributed by atoms with Crippen LogP contribution in [0, 0.1) is 6.92 Å². The van der Waals surface area contributed by atoms with E-state index in [9.17, 15) is 27.4 Å². The van der Waals surface area contributed by atoms with E-state index in [0.717, 1.165) is 42.0 Å². The van der Waals surface area contributed by atoms with Crippen molar-refractivity contribution in [1.82, 2.24) is 5.06 Å².